The van der Waals surface area contributed by atoms with E-state index in [1.54, 1.807) is 18.3 Å². The largest absolute Gasteiger partial charge is 0.336 e. The van der Waals surface area contributed by atoms with Crippen LogP contribution in [0.5, 0.6) is 0 Å². The maximum absolute atomic E-state index is 12.2. The molecule has 1 fully saturated rings. The zero-order valence-corrected chi connectivity index (χ0v) is 12.3. The van der Waals surface area contributed by atoms with Gasteiger partial charge in [0.15, 0.2) is 0 Å². The first-order valence-corrected chi connectivity index (χ1v) is 7.87. The molecule has 0 aromatic carbocycles. The molecule has 0 saturated carbocycles. The van der Waals surface area contributed by atoms with E-state index >= 15 is 0 Å². The number of nitrogens with zero attached hydrogens (tertiary/aromatic N) is 3. The monoisotopic (exact) mass is 308 g/mol. The van der Waals surface area contributed by atoms with E-state index in [1.807, 2.05) is 11.4 Å². The summed E-state index contributed by atoms with van der Waals surface area (Å²) in [5.74, 6) is -0.187. The Bertz CT molecular complexity index is 672. The summed E-state index contributed by atoms with van der Waals surface area (Å²) in [5.41, 5.74) is 0.881. The Morgan fingerprint density at radius 2 is 2.40 bits per heavy atom. The second-order valence-corrected chi connectivity index (χ2v) is 6.54. The number of fused-ring (bicyclic) bond motifs is 1. The van der Waals surface area contributed by atoms with Crippen LogP contribution in [-0.2, 0) is 4.79 Å². The minimum atomic E-state index is -0.362. The number of thiophene rings is 1. The van der Waals surface area contributed by atoms with Crippen molar-refractivity contribution in [3.05, 3.63) is 17.8 Å². The number of amides is 3. The molecule has 1 aliphatic heterocycles. The number of urea groups is 1. The van der Waals surface area contributed by atoms with Crippen LogP contribution in [0, 0.1) is 0 Å². The number of hydrogen-bond donors (Lipinski definition) is 1. The summed E-state index contributed by atoms with van der Waals surface area (Å²) in [6.07, 6.45) is 1.50. The van der Waals surface area contributed by atoms with Gasteiger partial charge in [-0.05, 0) is 18.4 Å². The van der Waals surface area contributed by atoms with Crippen molar-refractivity contribution < 1.29 is 9.59 Å². The highest BCUT2D eigenvalue weighted by molar-refractivity contribution is 8.00. The van der Waals surface area contributed by atoms with Gasteiger partial charge in [-0.25, -0.2) is 14.8 Å². The van der Waals surface area contributed by atoms with Crippen LogP contribution in [0.15, 0.2) is 22.8 Å². The molecule has 0 bridgehead atoms. The molecule has 0 radical (unpaired) electrons. The van der Waals surface area contributed by atoms with E-state index in [1.165, 1.54) is 23.0 Å². The van der Waals surface area contributed by atoms with E-state index in [0.29, 0.717) is 13.1 Å². The van der Waals surface area contributed by atoms with Crippen molar-refractivity contribution in [2.45, 2.75) is 17.2 Å². The van der Waals surface area contributed by atoms with Gasteiger partial charge >= 0.3 is 6.03 Å². The summed E-state index contributed by atoms with van der Waals surface area (Å²) < 4.78 is 0.975. The van der Waals surface area contributed by atoms with E-state index in [9.17, 15) is 9.59 Å². The lowest BCUT2D eigenvalue weighted by Crippen LogP contribution is -2.38. The van der Waals surface area contributed by atoms with Crippen LogP contribution in [0.3, 0.4) is 0 Å². The predicted molar refractivity (Wildman–Crippen MR) is 77.8 cm³/mol. The molecule has 3 amide bonds. The van der Waals surface area contributed by atoms with E-state index in [0.717, 1.165) is 15.2 Å². The molecular weight excluding hydrogens is 296 g/mol. The number of carbonyl (C=O) groups excluding carboxylic acids is 2. The van der Waals surface area contributed by atoms with Crippen molar-refractivity contribution in [2.75, 3.05) is 13.1 Å². The smallest absolute Gasteiger partial charge is 0.324 e. The number of carbonyl (C=O) groups is 2. The lowest BCUT2D eigenvalue weighted by Gasteiger charge is -2.17. The Kier molecular flexibility index (Phi) is 3.58. The SMILES string of the molecule is C[C@H](Sc1ncnc2ccsc12)C(=O)N1CCNC1=O. The Morgan fingerprint density at radius 1 is 1.55 bits per heavy atom. The van der Waals surface area contributed by atoms with Gasteiger partial charge in [0.05, 0.1) is 15.5 Å². The van der Waals surface area contributed by atoms with Crippen LogP contribution in [0.4, 0.5) is 4.79 Å². The molecule has 104 valence electrons. The molecule has 20 heavy (non-hydrogen) atoms. The van der Waals surface area contributed by atoms with Gasteiger partial charge in [0.25, 0.3) is 0 Å². The average molecular weight is 308 g/mol. The molecule has 6 nitrogen and oxygen atoms in total. The lowest BCUT2D eigenvalue weighted by molar-refractivity contribution is -0.126. The summed E-state index contributed by atoms with van der Waals surface area (Å²) >= 11 is 2.91. The number of hydrogen-bond acceptors (Lipinski definition) is 6. The molecule has 2 aromatic rings. The van der Waals surface area contributed by atoms with Crippen LogP contribution in [-0.4, -0.2) is 45.1 Å². The normalized spacial score (nSPS) is 16.4. The van der Waals surface area contributed by atoms with E-state index in [2.05, 4.69) is 15.3 Å². The first kappa shape index (κ1) is 13.3. The number of rotatable bonds is 3. The molecule has 3 heterocycles. The lowest BCUT2D eigenvalue weighted by atomic mass is 10.4. The topological polar surface area (TPSA) is 75.2 Å². The van der Waals surface area contributed by atoms with Crippen molar-refractivity contribution in [3.63, 3.8) is 0 Å². The quantitative estimate of drug-likeness (QED) is 0.690. The summed E-state index contributed by atoms with van der Waals surface area (Å²) in [6.45, 7) is 2.74. The third-order valence-corrected chi connectivity index (χ3v) is 5.10. The van der Waals surface area contributed by atoms with Crippen molar-refractivity contribution >= 4 is 45.3 Å². The molecule has 0 unspecified atom stereocenters. The maximum atomic E-state index is 12.2. The molecule has 1 aliphatic rings. The minimum Gasteiger partial charge on any atom is -0.336 e. The van der Waals surface area contributed by atoms with E-state index in [-0.39, 0.29) is 17.2 Å². The van der Waals surface area contributed by atoms with Gasteiger partial charge < -0.3 is 5.32 Å². The third kappa shape index (κ3) is 2.36. The highest BCUT2D eigenvalue weighted by Crippen LogP contribution is 2.31. The van der Waals surface area contributed by atoms with Crippen LogP contribution in [0.25, 0.3) is 10.2 Å². The van der Waals surface area contributed by atoms with Gasteiger partial charge in [0.2, 0.25) is 5.91 Å². The summed E-state index contributed by atoms with van der Waals surface area (Å²) in [4.78, 5) is 33.4. The van der Waals surface area contributed by atoms with Crippen LogP contribution >= 0.6 is 23.1 Å². The predicted octanol–water partition coefficient (Wildman–Crippen LogP) is 1.72. The van der Waals surface area contributed by atoms with Gasteiger partial charge in [-0.3, -0.25) is 9.69 Å². The van der Waals surface area contributed by atoms with Gasteiger partial charge in [0, 0.05) is 13.1 Å². The standard InChI is InChI=1S/C12H12N4O2S2/c1-7(11(17)16-4-3-13-12(16)18)20-10-9-8(2-5-19-9)14-6-15-10/h2,5-7H,3-4H2,1H3,(H,13,18)/t7-/m0/s1. The minimum absolute atomic E-state index is 0.187. The van der Waals surface area contributed by atoms with Crippen molar-refractivity contribution in [1.29, 1.82) is 0 Å². The van der Waals surface area contributed by atoms with Crippen LogP contribution < -0.4 is 5.32 Å². The molecule has 3 rings (SSSR count). The number of nitrogens with one attached hydrogen (secondary N) is 1. The van der Waals surface area contributed by atoms with Crippen molar-refractivity contribution in [1.82, 2.24) is 20.2 Å². The van der Waals surface area contributed by atoms with Crippen LogP contribution in [0.2, 0.25) is 0 Å². The fraction of sp³-hybridized carbons (Fsp3) is 0.333. The van der Waals surface area contributed by atoms with E-state index < -0.39 is 0 Å². The Labute approximate surface area is 123 Å². The third-order valence-electron chi connectivity index (χ3n) is 2.97. The Balaban J connectivity index is 1.78. The molecule has 1 N–H and O–H groups in total. The Hall–Kier alpha value is -1.67. The molecule has 1 atom stereocenters. The van der Waals surface area contributed by atoms with Crippen molar-refractivity contribution in [2.24, 2.45) is 0 Å². The highest BCUT2D eigenvalue weighted by atomic mass is 32.2. The average Bonchev–Trinajstić information content (AvgIpc) is 3.06. The molecule has 1 saturated heterocycles. The second-order valence-electron chi connectivity index (χ2n) is 4.30. The fourth-order valence-electron chi connectivity index (χ4n) is 1.97. The number of imide groups is 1. The summed E-state index contributed by atoms with van der Waals surface area (Å²) in [5, 5.41) is 5.00. The van der Waals surface area contributed by atoms with Gasteiger partial charge in [0.1, 0.15) is 11.4 Å². The highest BCUT2D eigenvalue weighted by Gasteiger charge is 2.30. The molecule has 0 spiro atoms. The molecular formula is C12H12N4O2S2. The number of aromatic nitrogens is 2. The molecule has 8 heteroatoms. The zero-order valence-electron chi connectivity index (χ0n) is 10.7. The first-order valence-electron chi connectivity index (χ1n) is 6.11. The Morgan fingerprint density at radius 3 is 3.15 bits per heavy atom. The summed E-state index contributed by atoms with van der Waals surface area (Å²) in [7, 11) is 0. The van der Waals surface area contributed by atoms with E-state index in [4.69, 9.17) is 0 Å². The summed E-state index contributed by atoms with van der Waals surface area (Å²) in [6, 6.07) is 1.61. The maximum Gasteiger partial charge on any atom is 0.324 e. The zero-order chi connectivity index (χ0) is 14.1. The van der Waals surface area contributed by atoms with Crippen LogP contribution in [0.1, 0.15) is 6.92 Å². The molecule has 2 aromatic heterocycles. The number of thioether (sulfide) groups is 1. The fourth-order valence-corrected chi connectivity index (χ4v) is 3.87. The molecule has 0 aliphatic carbocycles. The first-order chi connectivity index (χ1) is 9.66. The van der Waals surface area contributed by atoms with Crippen molar-refractivity contribution in [3.8, 4) is 0 Å². The second kappa shape index (κ2) is 5.37. The van der Waals surface area contributed by atoms with Gasteiger partial charge in [-0.2, -0.15) is 0 Å². The van der Waals surface area contributed by atoms with Gasteiger partial charge in [-0.1, -0.05) is 11.8 Å². The van der Waals surface area contributed by atoms with Gasteiger partial charge in [-0.15, -0.1) is 11.3 Å².